The molecule has 2 rings (SSSR count). The molecule has 6 heteroatoms. The van der Waals surface area contributed by atoms with Crippen LogP contribution in [0.2, 0.25) is 0 Å². The van der Waals surface area contributed by atoms with Gasteiger partial charge in [0.15, 0.2) is 5.82 Å². The molecule has 0 amide bonds. The molecule has 0 spiro atoms. The third-order valence-corrected chi connectivity index (χ3v) is 2.96. The molecule has 0 saturated carbocycles. The first-order chi connectivity index (χ1) is 8.11. The number of anilines is 1. The average molecular weight is 270 g/mol. The maximum absolute atomic E-state index is 4.46. The largest absolute Gasteiger partial charge is 0.363 e. The van der Waals surface area contributed by atoms with E-state index in [1.54, 1.807) is 0 Å². The van der Waals surface area contributed by atoms with Crippen LogP contribution in [0.5, 0.6) is 0 Å². The lowest BCUT2D eigenvalue weighted by Gasteiger charge is -2.06. The Morgan fingerprint density at radius 2 is 2.00 bits per heavy atom. The standard InChI is InChI=1S/C12H19N5.ClH/c1-5-17-8-10(3)12(15-17)13-7-11-9(2)6-14-16(11)4;/h6,8H,5,7H2,1-4H3,(H,13,15);1H. The lowest BCUT2D eigenvalue weighted by molar-refractivity contribution is 0.659. The summed E-state index contributed by atoms with van der Waals surface area (Å²) in [5.41, 5.74) is 3.56. The molecule has 5 nitrogen and oxygen atoms in total. The zero-order chi connectivity index (χ0) is 12.4. The summed E-state index contributed by atoms with van der Waals surface area (Å²) in [6.07, 6.45) is 3.94. The molecule has 0 aliphatic heterocycles. The van der Waals surface area contributed by atoms with Gasteiger partial charge < -0.3 is 5.32 Å². The predicted octanol–water partition coefficient (Wildman–Crippen LogP) is 2.29. The molecule has 0 unspecified atom stereocenters. The van der Waals surface area contributed by atoms with Gasteiger partial charge in [0, 0.05) is 25.4 Å². The van der Waals surface area contributed by atoms with E-state index in [-0.39, 0.29) is 12.4 Å². The minimum absolute atomic E-state index is 0. The first-order valence-corrected chi connectivity index (χ1v) is 5.87. The quantitative estimate of drug-likeness (QED) is 0.926. The summed E-state index contributed by atoms with van der Waals surface area (Å²) in [5, 5.41) is 12.0. The van der Waals surface area contributed by atoms with Gasteiger partial charge in [-0.25, -0.2) is 0 Å². The number of halogens is 1. The van der Waals surface area contributed by atoms with E-state index in [0.29, 0.717) is 0 Å². The molecule has 0 aromatic carbocycles. The van der Waals surface area contributed by atoms with Gasteiger partial charge in [-0.15, -0.1) is 12.4 Å². The highest BCUT2D eigenvalue weighted by Gasteiger charge is 2.07. The third-order valence-electron chi connectivity index (χ3n) is 2.96. The Balaban J connectivity index is 0.00000162. The van der Waals surface area contributed by atoms with Crippen LogP contribution in [0.4, 0.5) is 5.82 Å². The predicted molar refractivity (Wildman–Crippen MR) is 75.2 cm³/mol. The first-order valence-electron chi connectivity index (χ1n) is 5.87. The number of aryl methyl sites for hydroxylation is 4. The number of aromatic nitrogens is 4. The van der Waals surface area contributed by atoms with Gasteiger partial charge in [-0.1, -0.05) is 0 Å². The van der Waals surface area contributed by atoms with E-state index >= 15 is 0 Å². The van der Waals surface area contributed by atoms with Crippen LogP contribution in [0.15, 0.2) is 12.4 Å². The van der Waals surface area contributed by atoms with Crippen molar-refractivity contribution in [3.05, 3.63) is 29.2 Å². The van der Waals surface area contributed by atoms with Crippen LogP contribution >= 0.6 is 12.4 Å². The van der Waals surface area contributed by atoms with E-state index in [2.05, 4.69) is 42.5 Å². The summed E-state index contributed by atoms with van der Waals surface area (Å²) < 4.78 is 3.84. The van der Waals surface area contributed by atoms with Crippen LogP contribution in [0.3, 0.4) is 0 Å². The van der Waals surface area contributed by atoms with E-state index in [4.69, 9.17) is 0 Å². The molecule has 0 aliphatic rings. The van der Waals surface area contributed by atoms with Gasteiger partial charge in [0.05, 0.1) is 18.4 Å². The highest BCUT2D eigenvalue weighted by Crippen LogP contribution is 2.14. The Hall–Kier alpha value is -1.49. The lowest BCUT2D eigenvalue weighted by Crippen LogP contribution is -2.08. The molecule has 100 valence electrons. The molecule has 0 atom stereocenters. The normalized spacial score (nSPS) is 10.2. The minimum Gasteiger partial charge on any atom is -0.363 e. The molecule has 2 heterocycles. The van der Waals surface area contributed by atoms with E-state index in [1.807, 2.05) is 22.6 Å². The van der Waals surface area contributed by atoms with Gasteiger partial charge >= 0.3 is 0 Å². The van der Waals surface area contributed by atoms with Crippen molar-refractivity contribution < 1.29 is 0 Å². The van der Waals surface area contributed by atoms with Crippen LogP contribution in [0.1, 0.15) is 23.7 Å². The van der Waals surface area contributed by atoms with Crippen LogP contribution in [0, 0.1) is 13.8 Å². The second-order valence-electron chi connectivity index (χ2n) is 4.27. The number of hydrogen-bond donors (Lipinski definition) is 1. The molecule has 0 saturated heterocycles. The van der Waals surface area contributed by atoms with Crippen LogP contribution in [-0.2, 0) is 20.1 Å². The SMILES string of the molecule is CCn1cc(C)c(NCc2c(C)cnn2C)n1.Cl. The highest BCUT2D eigenvalue weighted by atomic mass is 35.5. The second-order valence-corrected chi connectivity index (χ2v) is 4.27. The number of hydrogen-bond acceptors (Lipinski definition) is 3. The van der Waals surface area contributed by atoms with Gasteiger partial charge in [0.2, 0.25) is 0 Å². The Labute approximate surface area is 114 Å². The topological polar surface area (TPSA) is 47.7 Å². The Morgan fingerprint density at radius 1 is 1.28 bits per heavy atom. The molecule has 0 fully saturated rings. The zero-order valence-corrected chi connectivity index (χ0v) is 12.1. The lowest BCUT2D eigenvalue weighted by atomic mass is 10.2. The van der Waals surface area contributed by atoms with Gasteiger partial charge in [-0.05, 0) is 26.3 Å². The van der Waals surface area contributed by atoms with Crippen molar-refractivity contribution >= 4 is 18.2 Å². The monoisotopic (exact) mass is 269 g/mol. The number of nitrogens with zero attached hydrogens (tertiary/aromatic N) is 4. The molecule has 1 N–H and O–H groups in total. The van der Waals surface area contributed by atoms with Crippen LogP contribution < -0.4 is 5.32 Å². The maximum atomic E-state index is 4.46. The highest BCUT2D eigenvalue weighted by molar-refractivity contribution is 5.85. The Morgan fingerprint density at radius 3 is 2.50 bits per heavy atom. The van der Waals surface area contributed by atoms with Crippen LogP contribution in [0.25, 0.3) is 0 Å². The van der Waals surface area contributed by atoms with Gasteiger partial charge in [-0.3, -0.25) is 9.36 Å². The third kappa shape index (κ3) is 2.85. The summed E-state index contributed by atoms with van der Waals surface area (Å²) in [7, 11) is 1.96. The van der Waals surface area contributed by atoms with E-state index < -0.39 is 0 Å². The molecule has 0 bridgehead atoms. The summed E-state index contributed by atoms with van der Waals surface area (Å²) in [6, 6.07) is 0. The van der Waals surface area contributed by atoms with Crippen molar-refractivity contribution in [1.82, 2.24) is 19.6 Å². The van der Waals surface area contributed by atoms with Crippen molar-refractivity contribution in [2.75, 3.05) is 5.32 Å². The summed E-state index contributed by atoms with van der Waals surface area (Å²) in [4.78, 5) is 0. The molecular formula is C12H20ClN5. The summed E-state index contributed by atoms with van der Waals surface area (Å²) >= 11 is 0. The molecule has 0 aliphatic carbocycles. The fraction of sp³-hybridized carbons (Fsp3) is 0.500. The Kier molecular flexibility index (Phi) is 4.78. The van der Waals surface area contributed by atoms with E-state index in [1.165, 1.54) is 16.8 Å². The smallest absolute Gasteiger partial charge is 0.151 e. The fourth-order valence-corrected chi connectivity index (χ4v) is 1.85. The van der Waals surface area contributed by atoms with Crippen LogP contribution in [-0.4, -0.2) is 19.6 Å². The molecule has 2 aromatic rings. The van der Waals surface area contributed by atoms with Crippen molar-refractivity contribution in [3.8, 4) is 0 Å². The Bertz CT molecular complexity index is 495. The molecule has 0 radical (unpaired) electrons. The fourth-order valence-electron chi connectivity index (χ4n) is 1.85. The zero-order valence-electron chi connectivity index (χ0n) is 11.3. The van der Waals surface area contributed by atoms with Crippen molar-refractivity contribution in [2.24, 2.45) is 7.05 Å². The van der Waals surface area contributed by atoms with Crippen molar-refractivity contribution in [2.45, 2.75) is 33.9 Å². The number of nitrogens with one attached hydrogen (secondary N) is 1. The van der Waals surface area contributed by atoms with Crippen molar-refractivity contribution in [1.29, 1.82) is 0 Å². The average Bonchev–Trinajstić information content (AvgIpc) is 2.81. The van der Waals surface area contributed by atoms with E-state index in [0.717, 1.165) is 18.9 Å². The molecule has 18 heavy (non-hydrogen) atoms. The van der Waals surface area contributed by atoms with Gasteiger partial charge in [0.25, 0.3) is 0 Å². The molecule has 2 aromatic heterocycles. The van der Waals surface area contributed by atoms with Gasteiger partial charge in [-0.2, -0.15) is 10.2 Å². The summed E-state index contributed by atoms with van der Waals surface area (Å²) in [5.74, 6) is 0.951. The second kappa shape index (κ2) is 5.91. The minimum atomic E-state index is 0. The number of rotatable bonds is 4. The first kappa shape index (κ1) is 14.6. The van der Waals surface area contributed by atoms with Gasteiger partial charge in [0.1, 0.15) is 0 Å². The maximum Gasteiger partial charge on any atom is 0.151 e. The van der Waals surface area contributed by atoms with E-state index in [9.17, 15) is 0 Å². The molecular weight excluding hydrogens is 250 g/mol. The van der Waals surface area contributed by atoms with Crippen molar-refractivity contribution in [3.63, 3.8) is 0 Å². The summed E-state index contributed by atoms with van der Waals surface area (Å²) in [6.45, 7) is 7.87.